The van der Waals surface area contributed by atoms with Crippen molar-refractivity contribution in [2.24, 2.45) is 0 Å². The average Bonchev–Trinajstić information content (AvgIpc) is 2.31. The minimum atomic E-state index is -0.0501. The van der Waals surface area contributed by atoms with Gasteiger partial charge in [-0.1, -0.05) is 0 Å². The van der Waals surface area contributed by atoms with Gasteiger partial charge in [0.25, 0.3) is 0 Å². The smallest absolute Gasteiger partial charge is 0.119 e. The molecule has 0 radical (unpaired) electrons. The average molecular weight is 260 g/mol. The lowest BCUT2D eigenvalue weighted by Gasteiger charge is -2.14. The molecule has 0 spiro atoms. The van der Waals surface area contributed by atoms with E-state index in [-0.39, 0.29) is 18.1 Å². The summed E-state index contributed by atoms with van der Waals surface area (Å²) in [6.45, 7) is -0.0497. The van der Waals surface area contributed by atoms with E-state index in [4.69, 9.17) is 16.6 Å². The molecule has 0 bridgehead atoms. The second kappa shape index (κ2) is 5.07. The molecule has 5 heteroatoms. The van der Waals surface area contributed by atoms with Gasteiger partial charge in [-0.25, -0.2) is 0 Å². The molecule has 0 atom stereocenters. The van der Waals surface area contributed by atoms with Crippen LogP contribution in [0.4, 0.5) is 11.4 Å². The van der Waals surface area contributed by atoms with E-state index >= 15 is 0 Å². The van der Waals surface area contributed by atoms with E-state index in [1.54, 1.807) is 12.1 Å². The molecule has 0 heterocycles. The lowest BCUT2D eigenvalue weighted by atomic mass is 9.95. The number of phenolic OH excluding ortho intramolecular Hbond substituents is 2. The first-order valence-corrected chi connectivity index (χ1v) is 5.83. The number of nitrogen functional groups attached to an aromatic ring is 2. The molecule has 0 unspecified atom stereocenters. The number of aliphatic hydroxyl groups is 1. The summed E-state index contributed by atoms with van der Waals surface area (Å²) in [6.07, 6.45) is 0.373. The van der Waals surface area contributed by atoms with Gasteiger partial charge in [0.2, 0.25) is 0 Å². The highest BCUT2D eigenvalue weighted by Gasteiger charge is 2.11. The van der Waals surface area contributed by atoms with Gasteiger partial charge < -0.3 is 26.8 Å². The van der Waals surface area contributed by atoms with Crippen LogP contribution in [0.3, 0.4) is 0 Å². The zero-order chi connectivity index (χ0) is 14.0. The third-order valence-corrected chi connectivity index (χ3v) is 2.88. The summed E-state index contributed by atoms with van der Waals surface area (Å²) in [5.41, 5.74) is 14.7. The van der Waals surface area contributed by atoms with Gasteiger partial charge in [-0.05, 0) is 47.4 Å². The van der Waals surface area contributed by atoms with Gasteiger partial charge in [-0.15, -0.1) is 0 Å². The summed E-state index contributed by atoms with van der Waals surface area (Å²) < 4.78 is 0. The van der Waals surface area contributed by atoms with Gasteiger partial charge in [0.15, 0.2) is 0 Å². The topological polar surface area (TPSA) is 113 Å². The van der Waals surface area contributed by atoms with Crippen molar-refractivity contribution in [2.75, 3.05) is 18.1 Å². The van der Waals surface area contributed by atoms with Gasteiger partial charge in [0, 0.05) is 24.0 Å². The predicted molar refractivity (Wildman–Crippen MR) is 74.8 cm³/mol. The molecule has 7 N–H and O–H groups in total. The number of aliphatic hydroxyl groups excluding tert-OH is 1. The zero-order valence-corrected chi connectivity index (χ0v) is 10.3. The molecule has 0 saturated heterocycles. The first-order valence-electron chi connectivity index (χ1n) is 5.83. The first-order chi connectivity index (χ1) is 9.01. The molecule has 0 amide bonds. The summed E-state index contributed by atoms with van der Waals surface area (Å²) >= 11 is 0. The van der Waals surface area contributed by atoms with Crippen LogP contribution in [-0.4, -0.2) is 21.9 Å². The van der Waals surface area contributed by atoms with Crippen molar-refractivity contribution in [1.82, 2.24) is 0 Å². The van der Waals surface area contributed by atoms with Crippen LogP contribution in [0, 0.1) is 0 Å². The third-order valence-electron chi connectivity index (χ3n) is 2.88. The fourth-order valence-electron chi connectivity index (χ4n) is 2.12. The monoisotopic (exact) mass is 260 g/mol. The molecule has 0 saturated carbocycles. The first kappa shape index (κ1) is 13.0. The molecule has 100 valence electrons. The molecule has 0 aliphatic rings. The predicted octanol–water partition coefficient (Wildman–Crippen LogP) is 1.46. The van der Waals surface area contributed by atoms with Crippen LogP contribution in [0.2, 0.25) is 0 Å². The quantitative estimate of drug-likeness (QED) is 0.536. The number of phenols is 2. The van der Waals surface area contributed by atoms with Crippen LogP contribution >= 0.6 is 0 Å². The van der Waals surface area contributed by atoms with Gasteiger partial charge in [0.1, 0.15) is 11.5 Å². The summed E-state index contributed by atoms with van der Waals surface area (Å²) in [4.78, 5) is 0. The standard InChI is InChI=1S/C14H16N2O3/c15-9-5-13(12(1-2-17)14(16)6-9)8-3-10(18)7-11(19)4-8/h3-7,17-19H,1-2,15-16H2. The molecular weight excluding hydrogens is 244 g/mol. The molecule has 2 aromatic carbocycles. The third kappa shape index (κ3) is 2.71. The Hall–Kier alpha value is -2.40. The lowest BCUT2D eigenvalue weighted by molar-refractivity contribution is 0.300. The minimum absolute atomic E-state index is 0.0497. The Bertz CT molecular complexity index is 592. The Morgan fingerprint density at radius 3 is 2.11 bits per heavy atom. The van der Waals surface area contributed by atoms with Crippen LogP contribution in [-0.2, 0) is 6.42 Å². The number of aromatic hydroxyl groups is 2. The normalized spacial score (nSPS) is 10.6. The van der Waals surface area contributed by atoms with Crippen molar-refractivity contribution in [3.8, 4) is 22.6 Å². The molecule has 2 aromatic rings. The highest BCUT2D eigenvalue weighted by molar-refractivity contribution is 5.78. The molecule has 0 aliphatic heterocycles. The Balaban J connectivity index is 2.65. The van der Waals surface area contributed by atoms with Crippen LogP contribution in [0.15, 0.2) is 30.3 Å². The molecular formula is C14H16N2O3. The zero-order valence-electron chi connectivity index (χ0n) is 10.3. The van der Waals surface area contributed by atoms with E-state index in [0.717, 1.165) is 5.56 Å². The number of anilines is 2. The van der Waals surface area contributed by atoms with E-state index in [1.807, 2.05) is 0 Å². The van der Waals surface area contributed by atoms with E-state index in [2.05, 4.69) is 0 Å². The van der Waals surface area contributed by atoms with E-state index in [0.29, 0.717) is 28.9 Å². The number of benzene rings is 2. The lowest BCUT2D eigenvalue weighted by Crippen LogP contribution is -2.02. The van der Waals surface area contributed by atoms with Crippen molar-refractivity contribution >= 4 is 11.4 Å². The van der Waals surface area contributed by atoms with Gasteiger partial charge in [0.05, 0.1) is 0 Å². The molecule has 2 rings (SSSR count). The van der Waals surface area contributed by atoms with Crippen LogP contribution in [0.5, 0.6) is 11.5 Å². The summed E-state index contributed by atoms with van der Waals surface area (Å²) in [7, 11) is 0. The Labute approximate surface area is 110 Å². The number of nitrogens with two attached hydrogens (primary N) is 2. The molecule has 0 aromatic heterocycles. The minimum Gasteiger partial charge on any atom is -0.508 e. The molecule has 0 aliphatic carbocycles. The van der Waals surface area contributed by atoms with Crippen LogP contribution < -0.4 is 11.5 Å². The van der Waals surface area contributed by atoms with Crippen molar-refractivity contribution in [1.29, 1.82) is 0 Å². The maximum Gasteiger partial charge on any atom is 0.119 e. The molecule has 19 heavy (non-hydrogen) atoms. The van der Waals surface area contributed by atoms with E-state index in [9.17, 15) is 10.2 Å². The second-order valence-electron chi connectivity index (χ2n) is 4.35. The second-order valence-corrected chi connectivity index (χ2v) is 4.35. The largest absolute Gasteiger partial charge is 0.508 e. The van der Waals surface area contributed by atoms with Gasteiger partial charge in [-0.2, -0.15) is 0 Å². The maximum atomic E-state index is 9.54. The summed E-state index contributed by atoms with van der Waals surface area (Å²) in [5.74, 6) is -0.100. The van der Waals surface area contributed by atoms with Gasteiger partial charge >= 0.3 is 0 Å². The SMILES string of the molecule is Nc1cc(N)c(CCO)c(-c2cc(O)cc(O)c2)c1. The van der Waals surface area contributed by atoms with Crippen LogP contribution in [0.1, 0.15) is 5.56 Å². The van der Waals surface area contributed by atoms with Crippen molar-refractivity contribution < 1.29 is 15.3 Å². The van der Waals surface area contributed by atoms with E-state index < -0.39 is 0 Å². The Morgan fingerprint density at radius 1 is 0.895 bits per heavy atom. The van der Waals surface area contributed by atoms with Gasteiger partial charge in [-0.3, -0.25) is 0 Å². The Morgan fingerprint density at radius 2 is 1.53 bits per heavy atom. The Kier molecular flexibility index (Phi) is 3.48. The highest BCUT2D eigenvalue weighted by Crippen LogP contribution is 2.34. The molecule has 5 nitrogen and oxygen atoms in total. The van der Waals surface area contributed by atoms with E-state index in [1.165, 1.54) is 18.2 Å². The van der Waals surface area contributed by atoms with Crippen molar-refractivity contribution in [3.05, 3.63) is 35.9 Å². The summed E-state index contributed by atoms with van der Waals surface area (Å²) in [6, 6.07) is 7.58. The fraction of sp³-hybridized carbons (Fsp3) is 0.143. The van der Waals surface area contributed by atoms with Crippen LogP contribution in [0.25, 0.3) is 11.1 Å². The maximum absolute atomic E-state index is 9.54. The highest BCUT2D eigenvalue weighted by atomic mass is 16.3. The number of rotatable bonds is 3. The van der Waals surface area contributed by atoms with Crippen molar-refractivity contribution in [2.45, 2.75) is 6.42 Å². The summed E-state index contributed by atoms with van der Waals surface area (Å²) in [5, 5.41) is 28.2. The number of hydrogen-bond acceptors (Lipinski definition) is 5. The fourth-order valence-corrected chi connectivity index (χ4v) is 2.12. The number of hydrogen-bond donors (Lipinski definition) is 5. The van der Waals surface area contributed by atoms with Crippen molar-refractivity contribution in [3.63, 3.8) is 0 Å². The molecule has 0 fully saturated rings.